The molecular formula is C14H19N3O2. The van der Waals surface area contributed by atoms with Crippen molar-refractivity contribution < 1.29 is 9.59 Å². The molecule has 2 rings (SSSR count). The molecule has 1 fully saturated rings. The number of rotatable bonds is 2. The Morgan fingerprint density at radius 1 is 1.26 bits per heavy atom. The fraction of sp³-hybridized carbons (Fsp3) is 0.429. The van der Waals surface area contributed by atoms with Crippen molar-refractivity contribution in [3.8, 4) is 0 Å². The minimum atomic E-state index is -0.568. The van der Waals surface area contributed by atoms with E-state index in [1.807, 2.05) is 32.0 Å². The van der Waals surface area contributed by atoms with Crippen LogP contribution < -0.4 is 11.1 Å². The number of piperazine rings is 1. The number of nitrogens with zero attached hydrogens (tertiary/aromatic N) is 1. The van der Waals surface area contributed by atoms with Gasteiger partial charge in [-0.3, -0.25) is 9.59 Å². The van der Waals surface area contributed by atoms with Crippen molar-refractivity contribution in [3.05, 3.63) is 34.9 Å². The van der Waals surface area contributed by atoms with E-state index in [0.717, 1.165) is 11.1 Å². The number of benzene rings is 1. The molecule has 0 bridgehead atoms. The first kappa shape index (κ1) is 13.5. The third kappa shape index (κ3) is 2.93. The maximum atomic E-state index is 12.5. The number of hydrogen-bond donors (Lipinski definition) is 2. The van der Waals surface area contributed by atoms with Gasteiger partial charge in [0.05, 0.1) is 0 Å². The number of aryl methyl sites for hydroxylation is 2. The smallest absolute Gasteiger partial charge is 0.254 e. The van der Waals surface area contributed by atoms with Crippen LogP contribution in [0.2, 0.25) is 0 Å². The Morgan fingerprint density at radius 2 is 1.89 bits per heavy atom. The topological polar surface area (TPSA) is 75.4 Å². The maximum Gasteiger partial charge on any atom is 0.254 e. The first-order valence-corrected chi connectivity index (χ1v) is 6.38. The van der Waals surface area contributed by atoms with Crippen molar-refractivity contribution in [2.75, 3.05) is 19.6 Å². The van der Waals surface area contributed by atoms with Gasteiger partial charge in [-0.25, -0.2) is 0 Å². The number of nitrogens with two attached hydrogens (primary N) is 1. The molecule has 0 saturated carbocycles. The van der Waals surface area contributed by atoms with Crippen LogP contribution in [-0.2, 0) is 4.79 Å². The van der Waals surface area contributed by atoms with E-state index in [4.69, 9.17) is 5.73 Å². The summed E-state index contributed by atoms with van der Waals surface area (Å²) in [5.74, 6) is -0.595. The van der Waals surface area contributed by atoms with Gasteiger partial charge in [-0.05, 0) is 26.0 Å². The highest BCUT2D eigenvalue weighted by Crippen LogP contribution is 2.14. The lowest BCUT2D eigenvalue weighted by atomic mass is 10.0. The van der Waals surface area contributed by atoms with Gasteiger partial charge in [0.1, 0.15) is 6.04 Å². The van der Waals surface area contributed by atoms with E-state index in [0.29, 0.717) is 25.2 Å². The van der Waals surface area contributed by atoms with E-state index in [2.05, 4.69) is 5.32 Å². The Kier molecular flexibility index (Phi) is 3.85. The molecule has 1 atom stereocenters. The van der Waals surface area contributed by atoms with Gasteiger partial charge >= 0.3 is 0 Å². The summed E-state index contributed by atoms with van der Waals surface area (Å²) < 4.78 is 0. The lowest BCUT2D eigenvalue weighted by Crippen LogP contribution is -2.58. The highest BCUT2D eigenvalue weighted by molar-refractivity contribution is 5.97. The van der Waals surface area contributed by atoms with E-state index in [1.165, 1.54) is 0 Å². The standard InChI is InChI=1S/C14H19N3O2/c1-9-5-10(2)7-11(6-9)14(19)17-4-3-16-8-12(17)13(15)18/h5-7,12,16H,3-4,8H2,1-2H3,(H2,15,18). The van der Waals surface area contributed by atoms with Gasteiger partial charge in [0, 0.05) is 25.2 Å². The average molecular weight is 261 g/mol. The highest BCUT2D eigenvalue weighted by atomic mass is 16.2. The number of carbonyl (C=O) groups excluding carboxylic acids is 2. The lowest BCUT2D eigenvalue weighted by molar-refractivity contribution is -0.122. The molecule has 0 aromatic heterocycles. The Morgan fingerprint density at radius 3 is 2.47 bits per heavy atom. The van der Waals surface area contributed by atoms with Crippen molar-refractivity contribution in [1.82, 2.24) is 10.2 Å². The van der Waals surface area contributed by atoms with E-state index in [1.54, 1.807) is 4.90 Å². The van der Waals surface area contributed by atoms with Crippen molar-refractivity contribution in [2.24, 2.45) is 5.73 Å². The Balaban J connectivity index is 2.28. The molecule has 1 aliphatic rings. The number of nitrogens with one attached hydrogen (secondary N) is 1. The second kappa shape index (κ2) is 5.40. The molecule has 1 heterocycles. The molecule has 1 unspecified atom stereocenters. The molecule has 0 radical (unpaired) electrons. The zero-order valence-corrected chi connectivity index (χ0v) is 11.3. The first-order valence-electron chi connectivity index (χ1n) is 6.38. The third-order valence-electron chi connectivity index (χ3n) is 3.30. The summed E-state index contributed by atoms with van der Waals surface area (Å²) in [6.07, 6.45) is 0. The second-order valence-electron chi connectivity index (χ2n) is 5.00. The Hall–Kier alpha value is -1.88. The molecule has 1 aliphatic heterocycles. The van der Waals surface area contributed by atoms with Gasteiger partial charge in [-0.1, -0.05) is 17.2 Å². The van der Waals surface area contributed by atoms with E-state index >= 15 is 0 Å². The van der Waals surface area contributed by atoms with Gasteiger partial charge in [-0.2, -0.15) is 0 Å². The molecule has 5 heteroatoms. The summed E-state index contributed by atoms with van der Waals surface area (Å²) >= 11 is 0. The molecule has 0 spiro atoms. The van der Waals surface area contributed by atoms with Crippen LogP contribution in [0.1, 0.15) is 21.5 Å². The number of amides is 2. The second-order valence-corrected chi connectivity index (χ2v) is 5.00. The average Bonchev–Trinajstić information content (AvgIpc) is 2.36. The summed E-state index contributed by atoms with van der Waals surface area (Å²) in [5.41, 5.74) is 8.05. The van der Waals surface area contributed by atoms with Gasteiger partial charge < -0.3 is 16.0 Å². The van der Waals surface area contributed by atoms with Gasteiger partial charge in [0.2, 0.25) is 5.91 Å². The molecule has 3 N–H and O–H groups in total. The van der Waals surface area contributed by atoms with Crippen LogP contribution in [0.15, 0.2) is 18.2 Å². The molecule has 2 amide bonds. The summed E-state index contributed by atoms with van der Waals surface area (Å²) in [5, 5.41) is 3.08. The molecule has 1 aromatic carbocycles. The quantitative estimate of drug-likeness (QED) is 0.798. The molecule has 19 heavy (non-hydrogen) atoms. The van der Waals surface area contributed by atoms with E-state index < -0.39 is 11.9 Å². The molecule has 0 aliphatic carbocycles. The molecule has 1 aromatic rings. The van der Waals surface area contributed by atoms with Crippen LogP contribution in [0.4, 0.5) is 0 Å². The van der Waals surface area contributed by atoms with E-state index in [9.17, 15) is 9.59 Å². The Bertz CT molecular complexity index is 493. The predicted octanol–water partition coefficient (Wildman–Crippen LogP) is 0.203. The monoisotopic (exact) mass is 261 g/mol. The van der Waals surface area contributed by atoms with Crippen molar-refractivity contribution in [3.63, 3.8) is 0 Å². The minimum absolute atomic E-state index is 0.128. The minimum Gasteiger partial charge on any atom is -0.368 e. The predicted molar refractivity (Wildman–Crippen MR) is 72.8 cm³/mol. The van der Waals surface area contributed by atoms with Crippen LogP contribution in [0, 0.1) is 13.8 Å². The van der Waals surface area contributed by atoms with Crippen molar-refractivity contribution in [1.29, 1.82) is 0 Å². The molecule has 1 saturated heterocycles. The van der Waals surface area contributed by atoms with Crippen LogP contribution in [0.3, 0.4) is 0 Å². The van der Waals surface area contributed by atoms with Crippen LogP contribution in [-0.4, -0.2) is 42.4 Å². The molecule has 102 valence electrons. The highest BCUT2D eigenvalue weighted by Gasteiger charge is 2.31. The SMILES string of the molecule is Cc1cc(C)cc(C(=O)N2CCNCC2C(N)=O)c1. The summed E-state index contributed by atoms with van der Waals surface area (Å²) in [6.45, 7) is 5.51. The summed E-state index contributed by atoms with van der Waals surface area (Å²) in [4.78, 5) is 25.5. The fourth-order valence-corrected chi connectivity index (χ4v) is 2.47. The van der Waals surface area contributed by atoms with Gasteiger partial charge in [0.25, 0.3) is 5.91 Å². The first-order chi connectivity index (χ1) is 8.99. The van der Waals surface area contributed by atoms with Gasteiger partial charge in [-0.15, -0.1) is 0 Å². The number of carbonyl (C=O) groups is 2. The van der Waals surface area contributed by atoms with E-state index in [-0.39, 0.29) is 5.91 Å². The van der Waals surface area contributed by atoms with Crippen LogP contribution >= 0.6 is 0 Å². The summed E-state index contributed by atoms with van der Waals surface area (Å²) in [7, 11) is 0. The molecular weight excluding hydrogens is 242 g/mol. The normalized spacial score (nSPS) is 19.3. The lowest BCUT2D eigenvalue weighted by Gasteiger charge is -2.34. The zero-order chi connectivity index (χ0) is 14.0. The van der Waals surface area contributed by atoms with Crippen LogP contribution in [0.25, 0.3) is 0 Å². The zero-order valence-electron chi connectivity index (χ0n) is 11.3. The largest absolute Gasteiger partial charge is 0.368 e. The summed E-state index contributed by atoms with van der Waals surface area (Å²) in [6, 6.07) is 5.13. The van der Waals surface area contributed by atoms with Gasteiger partial charge in [0.15, 0.2) is 0 Å². The number of hydrogen-bond acceptors (Lipinski definition) is 3. The number of primary amides is 1. The third-order valence-corrected chi connectivity index (χ3v) is 3.30. The maximum absolute atomic E-state index is 12.5. The Labute approximate surface area is 112 Å². The fourth-order valence-electron chi connectivity index (χ4n) is 2.47. The van der Waals surface area contributed by atoms with Crippen LogP contribution in [0.5, 0.6) is 0 Å². The van der Waals surface area contributed by atoms with Crippen molar-refractivity contribution >= 4 is 11.8 Å². The molecule has 5 nitrogen and oxygen atoms in total. The van der Waals surface area contributed by atoms with Crippen molar-refractivity contribution in [2.45, 2.75) is 19.9 Å².